The van der Waals surface area contributed by atoms with E-state index in [9.17, 15) is 9.90 Å². The van der Waals surface area contributed by atoms with Gasteiger partial charge < -0.3 is 9.90 Å². The average molecular weight is 191 g/mol. The summed E-state index contributed by atoms with van der Waals surface area (Å²) < 4.78 is 0. The van der Waals surface area contributed by atoms with Crippen LogP contribution in [-0.4, -0.2) is 11.0 Å². The molecule has 0 saturated carbocycles. The Morgan fingerprint density at radius 3 is 2.64 bits per heavy atom. The lowest BCUT2D eigenvalue weighted by Gasteiger charge is -2.02. The maximum atomic E-state index is 10.3. The molecule has 3 nitrogen and oxygen atoms in total. The van der Waals surface area contributed by atoms with Gasteiger partial charge in [0.25, 0.3) is 0 Å². The van der Waals surface area contributed by atoms with Gasteiger partial charge in [0.05, 0.1) is 11.0 Å². The summed E-state index contributed by atoms with van der Waals surface area (Å²) in [6.07, 6.45) is 1.06. The lowest BCUT2D eigenvalue weighted by molar-refractivity contribution is -0.255. The zero-order chi connectivity index (χ0) is 8.43. The summed E-state index contributed by atoms with van der Waals surface area (Å²) in [4.78, 5) is 13.8. The maximum Gasteiger partial charge on any atom is 0.130 e. The summed E-state index contributed by atoms with van der Waals surface area (Å²) in [5.74, 6) is -1.36. The highest BCUT2D eigenvalue weighted by atomic mass is 35.5. The molecule has 0 aliphatic rings. The summed E-state index contributed by atoms with van der Waals surface area (Å²) in [6.45, 7) is 0. The minimum absolute atomic E-state index is 0.0324. The third-order valence-corrected chi connectivity index (χ3v) is 1.56. The third-order valence-electron chi connectivity index (χ3n) is 1.04. The minimum atomic E-state index is -1.36. The number of halogens is 2. The number of aromatic carboxylic acids is 1. The van der Waals surface area contributed by atoms with E-state index in [1.54, 1.807) is 0 Å². The van der Waals surface area contributed by atoms with Crippen LogP contribution in [0.25, 0.3) is 0 Å². The first-order valence-corrected chi connectivity index (χ1v) is 3.39. The number of aromatic nitrogens is 1. The first kappa shape index (κ1) is 8.30. The number of hydrogen-bond acceptors (Lipinski definition) is 3. The molecule has 0 aliphatic carbocycles. The van der Waals surface area contributed by atoms with Gasteiger partial charge in [0, 0.05) is 11.8 Å². The molecular weight excluding hydrogens is 189 g/mol. The second-order valence-electron chi connectivity index (χ2n) is 1.77. The van der Waals surface area contributed by atoms with Crippen molar-refractivity contribution in [3.8, 4) is 0 Å². The van der Waals surface area contributed by atoms with Crippen LogP contribution in [0.15, 0.2) is 12.3 Å². The van der Waals surface area contributed by atoms with Crippen molar-refractivity contribution < 1.29 is 9.90 Å². The molecule has 1 rings (SSSR count). The number of hydrogen-bond donors (Lipinski definition) is 0. The van der Waals surface area contributed by atoms with Gasteiger partial charge in [0.15, 0.2) is 0 Å². The second kappa shape index (κ2) is 3.07. The van der Waals surface area contributed by atoms with Crippen molar-refractivity contribution in [3.05, 3.63) is 28.0 Å². The highest BCUT2D eigenvalue weighted by molar-refractivity contribution is 6.35. The van der Waals surface area contributed by atoms with E-state index >= 15 is 0 Å². The highest BCUT2D eigenvalue weighted by Gasteiger charge is 2.01. The molecule has 0 unspecified atom stereocenters. The van der Waals surface area contributed by atoms with E-state index in [1.807, 2.05) is 0 Å². The SMILES string of the molecule is O=C([O-])c1cnc(Cl)cc1Cl. The molecule has 0 fully saturated rings. The largest absolute Gasteiger partial charge is 0.545 e. The molecule has 58 valence electrons. The van der Waals surface area contributed by atoms with Crippen molar-refractivity contribution >= 4 is 29.2 Å². The lowest BCUT2D eigenvalue weighted by Crippen LogP contribution is -2.22. The smallest absolute Gasteiger partial charge is 0.130 e. The molecule has 0 bridgehead atoms. The Kier molecular flexibility index (Phi) is 2.31. The van der Waals surface area contributed by atoms with E-state index in [4.69, 9.17) is 23.2 Å². The summed E-state index contributed by atoms with van der Waals surface area (Å²) in [7, 11) is 0. The first-order chi connectivity index (χ1) is 5.11. The predicted molar refractivity (Wildman–Crippen MR) is 38.6 cm³/mol. The van der Waals surface area contributed by atoms with Gasteiger partial charge in [-0.3, -0.25) is 0 Å². The fraction of sp³-hybridized carbons (Fsp3) is 0. The fourth-order valence-corrected chi connectivity index (χ4v) is 1.00. The molecule has 0 saturated heterocycles. The quantitative estimate of drug-likeness (QED) is 0.615. The maximum absolute atomic E-state index is 10.3. The van der Waals surface area contributed by atoms with Crippen molar-refractivity contribution in [3.63, 3.8) is 0 Å². The number of carbonyl (C=O) groups is 1. The Morgan fingerprint density at radius 2 is 2.18 bits per heavy atom. The Balaban J connectivity index is 3.20. The second-order valence-corrected chi connectivity index (χ2v) is 2.57. The number of nitrogens with zero attached hydrogens (tertiary/aromatic N) is 1. The fourth-order valence-electron chi connectivity index (χ4n) is 0.558. The van der Waals surface area contributed by atoms with E-state index in [-0.39, 0.29) is 15.7 Å². The van der Waals surface area contributed by atoms with Gasteiger partial charge in [-0.2, -0.15) is 0 Å². The van der Waals surface area contributed by atoms with Crippen LogP contribution in [0.5, 0.6) is 0 Å². The van der Waals surface area contributed by atoms with E-state index in [0.29, 0.717) is 0 Å². The molecule has 0 spiro atoms. The molecule has 0 aliphatic heterocycles. The standard InChI is InChI=1S/C6H3Cl2NO2/c7-4-1-5(8)9-2-3(4)6(10)11/h1-2H,(H,10,11)/p-1. The molecule has 0 atom stereocenters. The van der Waals surface area contributed by atoms with Crippen LogP contribution >= 0.6 is 23.2 Å². The molecule has 0 aromatic carbocycles. The number of carboxylic acid groups (broad SMARTS) is 1. The normalized spacial score (nSPS) is 9.64. The number of carbonyl (C=O) groups excluding carboxylic acids is 1. The molecule has 0 N–H and O–H groups in total. The number of pyridine rings is 1. The Bertz CT molecular complexity index is 301. The van der Waals surface area contributed by atoms with Gasteiger partial charge in [0.1, 0.15) is 5.15 Å². The van der Waals surface area contributed by atoms with Gasteiger partial charge in [0.2, 0.25) is 0 Å². The first-order valence-electron chi connectivity index (χ1n) is 2.63. The summed E-state index contributed by atoms with van der Waals surface area (Å²) >= 11 is 10.9. The molecule has 1 heterocycles. The highest BCUT2D eigenvalue weighted by Crippen LogP contribution is 2.17. The van der Waals surface area contributed by atoms with Crippen LogP contribution in [0.3, 0.4) is 0 Å². The van der Waals surface area contributed by atoms with Gasteiger partial charge in [-0.1, -0.05) is 23.2 Å². The summed E-state index contributed by atoms with van der Waals surface area (Å²) in [5.41, 5.74) is -0.156. The zero-order valence-electron chi connectivity index (χ0n) is 5.17. The Hall–Kier alpha value is -0.800. The monoisotopic (exact) mass is 190 g/mol. The van der Waals surface area contributed by atoms with E-state index in [2.05, 4.69) is 4.98 Å². The predicted octanol–water partition coefficient (Wildman–Crippen LogP) is 0.752. The van der Waals surface area contributed by atoms with Crippen LogP contribution in [0, 0.1) is 0 Å². The molecule has 0 radical (unpaired) electrons. The van der Waals surface area contributed by atoms with E-state index < -0.39 is 5.97 Å². The molecule has 1 aromatic rings. The van der Waals surface area contributed by atoms with Crippen LogP contribution < -0.4 is 5.11 Å². The van der Waals surface area contributed by atoms with Gasteiger partial charge >= 0.3 is 0 Å². The van der Waals surface area contributed by atoms with Crippen LogP contribution in [0.1, 0.15) is 10.4 Å². The minimum Gasteiger partial charge on any atom is -0.545 e. The van der Waals surface area contributed by atoms with Crippen molar-refractivity contribution in [2.45, 2.75) is 0 Å². The van der Waals surface area contributed by atoms with Crippen molar-refractivity contribution in [1.82, 2.24) is 4.98 Å². The molecule has 5 heteroatoms. The molecule has 0 amide bonds. The van der Waals surface area contributed by atoms with Crippen LogP contribution in [0.4, 0.5) is 0 Å². The van der Waals surface area contributed by atoms with Crippen LogP contribution in [0.2, 0.25) is 10.2 Å². The Morgan fingerprint density at radius 1 is 1.55 bits per heavy atom. The van der Waals surface area contributed by atoms with Gasteiger partial charge in [-0.15, -0.1) is 0 Å². The van der Waals surface area contributed by atoms with Crippen LogP contribution in [-0.2, 0) is 0 Å². The number of rotatable bonds is 1. The molecule has 11 heavy (non-hydrogen) atoms. The third kappa shape index (κ3) is 1.82. The molecular formula is C6H2Cl2NO2-. The lowest BCUT2D eigenvalue weighted by atomic mass is 10.3. The van der Waals surface area contributed by atoms with Gasteiger partial charge in [-0.05, 0) is 6.07 Å². The van der Waals surface area contributed by atoms with Crippen molar-refractivity contribution in [2.75, 3.05) is 0 Å². The van der Waals surface area contributed by atoms with Gasteiger partial charge in [-0.25, -0.2) is 4.98 Å². The van der Waals surface area contributed by atoms with E-state index in [0.717, 1.165) is 6.20 Å². The van der Waals surface area contributed by atoms with Crippen molar-refractivity contribution in [2.24, 2.45) is 0 Å². The Labute approximate surface area is 72.6 Å². The topological polar surface area (TPSA) is 53.0 Å². The molecule has 1 aromatic heterocycles. The zero-order valence-corrected chi connectivity index (χ0v) is 6.69. The summed E-state index contributed by atoms with van der Waals surface area (Å²) in [5, 5.41) is 10.4. The van der Waals surface area contributed by atoms with Crippen molar-refractivity contribution in [1.29, 1.82) is 0 Å². The average Bonchev–Trinajstić information content (AvgIpc) is 1.85. The van der Waals surface area contributed by atoms with E-state index in [1.165, 1.54) is 6.07 Å². The number of carboxylic acids is 1. The summed E-state index contributed by atoms with van der Waals surface area (Å²) in [6, 6.07) is 1.24.